The van der Waals surface area contributed by atoms with Gasteiger partial charge in [-0.05, 0) is 45.0 Å². The van der Waals surface area contributed by atoms with Crippen LogP contribution in [0.3, 0.4) is 0 Å². The van der Waals surface area contributed by atoms with Crippen LogP contribution in [0.5, 0.6) is 0 Å². The van der Waals surface area contributed by atoms with Crippen LogP contribution < -0.4 is 5.73 Å². The van der Waals surface area contributed by atoms with Gasteiger partial charge >= 0.3 is 0 Å². The number of halogens is 1. The monoisotopic (exact) mass is 240 g/mol. The maximum atomic E-state index is 5.94. The van der Waals surface area contributed by atoms with Crippen LogP contribution in [0, 0.1) is 0 Å². The third kappa shape index (κ3) is 3.13. The lowest BCUT2D eigenvalue weighted by Gasteiger charge is -2.35. The zero-order valence-corrected chi connectivity index (χ0v) is 11.3. The highest BCUT2D eigenvalue weighted by Gasteiger charge is 2.21. The van der Waals surface area contributed by atoms with Gasteiger partial charge in [0, 0.05) is 22.8 Å². The second kappa shape index (κ2) is 5.07. The van der Waals surface area contributed by atoms with Gasteiger partial charge in [-0.15, -0.1) is 0 Å². The van der Waals surface area contributed by atoms with Gasteiger partial charge in [-0.2, -0.15) is 0 Å². The molecule has 90 valence electrons. The number of hydrogen-bond acceptors (Lipinski definition) is 2. The molecule has 0 bridgehead atoms. The van der Waals surface area contributed by atoms with Crippen LogP contribution >= 0.6 is 11.6 Å². The fourth-order valence-corrected chi connectivity index (χ4v) is 1.63. The minimum atomic E-state index is 0.187. The van der Waals surface area contributed by atoms with Crippen LogP contribution in [0.25, 0.3) is 0 Å². The summed E-state index contributed by atoms with van der Waals surface area (Å²) >= 11 is 5.88. The molecule has 0 saturated heterocycles. The molecule has 0 aliphatic heterocycles. The fourth-order valence-electron chi connectivity index (χ4n) is 1.45. The summed E-state index contributed by atoms with van der Waals surface area (Å²) in [6.07, 6.45) is 1.11. The van der Waals surface area contributed by atoms with Crippen molar-refractivity contribution in [1.82, 2.24) is 4.90 Å². The van der Waals surface area contributed by atoms with Gasteiger partial charge in [-0.1, -0.05) is 24.6 Å². The lowest BCUT2D eigenvalue weighted by atomic mass is 9.99. The zero-order chi connectivity index (χ0) is 12.3. The Bertz CT molecular complexity index is 361. The first-order chi connectivity index (χ1) is 7.36. The summed E-state index contributed by atoms with van der Waals surface area (Å²) in [5.74, 6) is 0. The molecule has 0 unspecified atom stereocenters. The highest BCUT2D eigenvalue weighted by atomic mass is 35.5. The number of benzene rings is 1. The molecule has 0 aliphatic carbocycles. The van der Waals surface area contributed by atoms with E-state index in [1.807, 2.05) is 18.2 Å². The topological polar surface area (TPSA) is 29.3 Å². The Morgan fingerprint density at radius 1 is 1.38 bits per heavy atom. The van der Waals surface area contributed by atoms with E-state index in [9.17, 15) is 0 Å². The molecule has 0 heterocycles. The molecule has 0 aromatic heterocycles. The molecule has 0 amide bonds. The second-order valence-electron chi connectivity index (χ2n) is 4.87. The van der Waals surface area contributed by atoms with Crippen LogP contribution in [0.1, 0.15) is 32.8 Å². The number of anilines is 1. The van der Waals surface area contributed by atoms with E-state index in [-0.39, 0.29) is 5.54 Å². The Kier molecular flexibility index (Phi) is 4.22. The fraction of sp³-hybridized carbons (Fsp3) is 0.538. The molecule has 1 aromatic carbocycles. The summed E-state index contributed by atoms with van der Waals surface area (Å²) in [5.41, 5.74) is 8.03. The van der Waals surface area contributed by atoms with Crippen molar-refractivity contribution in [3.63, 3.8) is 0 Å². The predicted octanol–water partition coefficient (Wildman–Crippen LogP) is 3.54. The summed E-state index contributed by atoms with van der Waals surface area (Å²) in [6.45, 7) is 7.52. The molecular formula is C13H21ClN2. The first kappa shape index (κ1) is 13.3. The van der Waals surface area contributed by atoms with Crippen molar-refractivity contribution in [3.8, 4) is 0 Å². The van der Waals surface area contributed by atoms with E-state index in [1.54, 1.807) is 0 Å². The van der Waals surface area contributed by atoms with Gasteiger partial charge < -0.3 is 5.73 Å². The van der Waals surface area contributed by atoms with Crippen molar-refractivity contribution in [2.75, 3.05) is 12.8 Å². The first-order valence-corrected chi connectivity index (χ1v) is 5.99. The average molecular weight is 241 g/mol. The van der Waals surface area contributed by atoms with Gasteiger partial charge in [0.2, 0.25) is 0 Å². The Balaban J connectivity index is 2.81. The molecular weight excluding hydrogens is 220 g/mol. The van der Waals surface area contributed by atoms with E-state index in [2.05, 4.69) is 32.7 Å². The third-order valence-corrected chi connectivity index (χ3v) is 3.65. The van der Waals surface area contributed by atoms with Gasteiger partial charge in [0.25, 0.3) is 0 Å². The SMILES string of the molecule is CCC(C)(C)N(C)Cc1ccc(Cl)cc1N. The Morgan fingerprint density at radius 2 is 2.00 bits per heavy atom. The highest BCUT2D eigenvalue weighted by Crippen LogP contribution is 2.23. The standard InChI is InChI=1S/C13H21ClN2/c1-5-13(2,3)16(4)9-10-6-7-11(14)8-12(10)15/h6-8H,5,9,15H2,1-4H3. The molecule has 0 radical (unpaired) electrons. The smallest absolute Gasteiger partial charge is 0.0426 e. The van der Waals surface area contributed by atoms with E-state index >= 15 is 0 Å². The summed E-state index contributed by atoms with van der Waals surface area (Å²) < 4.78 is 0. The molecule has 0 fully saturated rings. The van der Waals surface area contributed by atoms with E-state index in [0.29, 0.717) is 5.02 Å². The summed E-state index contributed by atoms with van der Waals surface area (Å²) in [5, 5.41) is 0.693. The maximum absolute atomic E-state index is 5.94. The number of nitrogen functional groups attached to an aromatic ring is 1. The lowest BCUT2D eigenvalue weighted by Crippen LogP contribution is -2.39. The van der Waals surface area contributed by atoms with Gasteiger partial charge in [0.15, 0.2) is 0 Å². The van der Waals surface area contributed by atoms with Crippen LogP contribution in [0.2, 0.25) is 5.02 Å². The molecule has 1 aromatic rings. The van der Waals surface area contributed by atoms with Crippen LogP contribution in [-0.2, 0) is 6.54 Å². The van der Waals surface area contributed by atoms with Crippen molar-refractivity contribution in [2.24, 2.45) is 0 Å². The lowest BCUT2D eigenvalue weighted by molar-refractivity contribution is 0.143. The first-order valence-electron chi connectivity index (χ1n) is 5.62. The normalized spacial score (nSPS) is 12.1. The van der Waals surface area contributed by atoms with Crippen LogP contribution in [-0.4, -0.2) is 17.5 Å². The number of nitrogens with two attached hydrogens (primary N) is 1. The van der Waals surface area contributed by atoms with Crippen LogP contribution in [0.15, 0.2) is 18.2 Å². The van der Waals surface area contributed by atoms with Gasteiger partial charge in [0.05, 0.1) is 0 Å². The third-order valence-electron chi connectivity index (χ3n) is 3.41. The van der Waals surface area contributed by atoms with Gasteiger partial charge in [-0.25, -0.2) is 0 Å². The number of hydrogen-bond donors (Lipinski definition) is 1. The van der Waals surface area contributed by atoms with Crippen molar-refractivity contribution >= 4 is 17.3 Å². The number of nitrogens with zero attached hydrogens (tertiary/aromatic N) is 1. The van der Waals surface area contributed by atoms with E-state index in [4.69, 9.17) is 17.3 Å². The summed E-state index contributed by atoms with van der Waals surface area (Å²) in [7, 11) is 2.12. The summed E-state index contributed by atoms with van der Waals surface area (Å²) in [6, 6.07) is 5.70. The van der Waals surface area contributed by atoms with Crippen molar-refractivity contribution in [1.29, 1.82) is 0 Å². The van der Waals surface area contributed by atoms with E-state index in [0.717, 1.165) is 24.2 Å². The minimum Gasteiger partial charge on any atom is -0.398 e. The highest BCUT2D eigenvalue weighted by molar-refractivity contribution is 6.30. The molecule has 0 atom stereocenters. The maximum Gasteiger partial charge on any atom is 0.0426 e. The molecule has 1 rings (SSSR count). The Morgan fingerprint density at radius 3 is 2.50 bits per heavy atom. The summed E-state index contributed by atoms with van der Waals surface area (Å²) in [4.78, 5) is 2.31. The van der Waals surface area contributed by atoms with Gasteiger partial charge in [0.1, 0.15) is 0 Å². The van der Waals surface area contributed by atoms with E-state index < -0.39 is 0 Å². The molecule has 0 aliphatic rings. The quantitative estimate of drug-likeness (QED) is 0.816. The van der Waals surface area contributed by atoms with E-state index in [1.165, 1.54) is 0 Å². The molecule has 2 nitrogen and oxygen atoms in total. The Hall–Kier alpha value is -0.730. The molecule has 0 spiro atoms. The van der Waals surface area contributed by atoms with Gasteiger partial charge in [-0.3, -0.25) is 4.90 Å². The molecule has 3 heteroatoms. The minimum absolute atomic E-state index is 0.187. The molecule has 0 saturated carbocycles. The number of rotatable bonds is 4. The van der Waals surface area contributed by atoms with Crippen molar-refractivity contribution in [3.05, 3.63) is 28.8 Å². The average Bonchev–Trinajstić information content (AvgIpc) is 2.22. The zero-order valence-electron chi connectivity index (χ0n) is 10.5. The molecule has 2 N–H and O–H groups in total. The predicted molar refractivity (Wildman–Crippen MR) is 71.7 cm³/mol. The van der Waals surface area contributed by atoms with Crippen molar-refractivity contribution < 1.29 is 0 Å². The molecule has 16 heavy (non-hydrogen) atoms. The Labute approximate surface area is 103 Å². The van der Waals surface area contributed by atoms with Crippen molar-refractivity contribution in [2.45, 2.75) is 39.3 Å². The van der Waals surface area contributed by atoms with Crippen LogP contribution in [0.4, 0.5) is 5.69 Å². The largest absolute Gasteiger partial charge is 0.398 e. The second-order valence-corrected chi connectivity index (χ2v) is 5.30.